The molecular formula is C12H23B. The fourth-order valence-corrected chi connectivity index (χ4v) is 2.26. The fraction of sp³-hybridized carbons (Fsp3) is 0.833. The summed E-state index contributed by atoms with van der Waals surface area (Å²) in [6.07, 6.45) is 10.2. The quantitative estimate of drug-likeness (QED) is 0.448. The van der Waals surface area contributed by atoms with Gasteiger partial charge in [0.2, 0.25) is 0 Å². The second kappa shape index (κ2) is 4.35. The van der Waals surface area contributed by atoms with E-state index in [4.69, 9.17) is 0 Å². The normalized spacial score (nSPS) is 31.9. The second-order valence-corrected chi connectivity index (χ2v) is 5.19. The van der Waals surface area contributed by atoms with Crippen LogP contribution in [0.1, 0.15) is 46.5 Å². The monoisotopic (exact) mass is 178 g/mol. The van der Waals surface area contributed by atoms with Gasteiger partial charge < -0.3 is 0 Å². The zero-order valence-corrected chi connectivity index (χ0v) is 9.64. The van der Waals surface area contributed by atoms with Gasteiger partial charge in [0, 0.05) is 0 Å². The van der Waals surface area contributed by atoms with Crippen molar-refractivity contribution in [1.29, 1.82) is 0 Å². The first kappa shape index (κ1) is 10.9. The molecule has 0 aromatic carbocycles. The van der Waals surface area contributed by atoms with Crippen LogP contribution in [0.3, 0.4) is 0 Å². The Kier molecular flexibility index (Phi) is 3.64. The maximum atomic E-state index is 2.34. The van der Waals surface area contributed by atoms with Gasteiger partial charge >= 0.3 is 0 Å². The van der Waals surface area contributed by atoms with Crippen LogP contribution in [0.15, 0.2) is 12.2 Å². The standard InChI is InChI=1S/C12H23B/c1-4-7-12(3,13)8-6-11-9-10(11)5-2/h4,7,10-11H,5-6,8-9,13H2,1-3H3. The van der Waals surface area contributed by atoms with Crippen LogP contribution in [0.25, 0.3) is 0 Å². The molecule has 0 amide bonds. The van der Waals surface area contributed by atoms with Gasteiger partial charge in [0.25, 0.3) is 0 Å². The molecule has 0 spiro atoms. The maximum absolute atomic E-state index is 2.34. The summed E-state index contributed by atoms with van der Waals surface area (Å²) in [6, 6.07) is 0. The molecule has 3 unspecified atom stereocenters. The van der Waals surface area contributed by atoms with E-state index in [-0.39, 0.29) is 0 Å². The summed E-state index contributed by atoms with van der Waals surface area (Å²) in [5.74, 6) is 2.14. The van der Waals surface area contributed by atoms with Gasteiger partial charge in [-0.25, -0.2) is 0 Å². The maximum Gasteiger partial charge on any atom is 0.114 e. The average molecular weight is 178 g/mol. The fourth-order valence-electron chi connectivity index (χ4n) is 2.26. The number of hydrogen-bond donors (Lipinski definition) is 0. The summed E-state index contributed by atoms with van der Waals surface area (Å²) in [6.45, 7) is 6.78. The van der Waals surface area contributed by atoms with Crippen molar-refractivity contribution in [3.05, 3.63) is 12.2 Å². The Balaban J connectivity index is 2.19. The van der Waals surface area contributed by atoms with Crippen LogP contribution in [-0.2, 0) is 0 Å². The molecule has 1 saturated carbocycles. The van der Waals surface area contributed by atoms with Crippen molar-refractivity contribution in [2.45, 2.75) is 51.8 Å². The molecule has 1 fully saturated rings. The Morgan fingerprint density at radius 2 is 2.15 bits per heavy atom. The SMILES string of the molecule is BC(C)(C=CC)CCC1CC1CC. The number of rotatable bonds is 5. The Bertz CT molecular complexity index is 182. The molecule has 0 aromatic heterocycles. The first-order chi connectivity index (χ1) is 6.09. The van der Waals surface area contributed by atoms with Crippen molar-refractivity contribution < 1.29 is 0 Å². The van der Waals surface area contributed by atoms with Crippen molar-refractivity contribution in [2.24, 2.45) is 11.8 Å². The van der Waals surface area contributed by atoms with Crippen molar-refractivity contribution in [1.82, 2.24) is 0 Å². The minimum absolute atomic E-state index is 0.426. The van der Waals surface area contributed by atoms with Crippen LogP contribution in [0.4, 0.5) is 0 Å². The first-order valence-electron chi connectivity index (χ1n) is 5.73. The van der Waals surface area contributed by atoms with E-state index in [0.717, 1.165) is 11.8 Å². The summed E-state index contributed by atoms with van der Waals surface area (Å²) >= 11 is 0. The van der Waals surface area contributed by atoms with E-state index in [1.54, 1.807) is 0 Å². The predicted octanol–water partition coefficient (Wildman–Crippen LogP) is 3.20. The van der Waals surface area contributed by atoms with E-state index in [1.807, 2.05) is 0 Å². The molecule has 3 atom stereocenters. The Morgan fingerprint density at radius 3 is 2.62 bits per heavy atom. The van der Waals surface area contributed by atoms with Gasteiger partial charge in [0.1, 0.15) is 7.85 Å². The summed E-state index contributed by atoms with van der Waals surface area (Å²) in [5.41, 5.74) is 0. The predicted molar refractivity (Wildman–Crippen MR) is 62.8 cm³/mol. The Hall–Kier alpha value is -0.195. The Morgan fingerprint density at radius 1 is 1.46 bits per heavy atom. The highest BCUT2D eigenvalue weighted by Crippen LogP contribution is 2.46. The number of hydrogen-bond acceptors (Lipinski definition) is 0. The lowest BCUT2D eigenvalue weighted by molar-refractivity contribution is 0.550. The highest BCUT2D eigenvalue weighted by atomic mass is 14.4. The van der Waals surface area contributed by atoms with E-state index < -0.39 is 0 Å². The van der Waals surface area contributed by atoms with Gasteiger partial charge in [-0.1, -0.05) is 45.3 Å². The minimum Gasteiger partial charge on any atom is -0.0918 e. The van der Waals surface area contributed by atoms with E-state index >= 15 is 0 Å². The van der Waals surface area contributed by atoms with E-state index in [1.165, 1.54) is 25.7 Å². The zero-order chi connectivity index (χ0) is 9.90. The molecular weight excluding hydrogens is 155 g/mol. The average Bonchev–Trinajstić information content (AvgIpc) is 2.79. The van der Waals surface area contributed by atoms with Crippen LogP contribution in [-0.4, -0.2) is 7.85 Å². The molecule has 0 aliphatic heterocycles. The molecule has 0 aromatic rings. The van der Waals surface area contributed by atoms with Crippen LogP contribution in [0, 0.1) is 11.8 Å². The third-order valence-corrected chi connectivity index (χ3v) is 3.37. The summed E-state index contributed by atoms with van der Waals surface area (Å²) < 4.78 is 0. The lowest BCUT2D eigenvalue weighted by Gasteiger charge is -2.19. The zero-order valence-electron chi connectivity index (χ0n) is 9.64. The van der Waals surface area contributed by atoms with Gasteiger partial charge in [0.15, 0.2) is 0 Å². The van der Waals surface area contributed by atoms with Gasteiger partial charge in [0.05, 0.1) is 0 Å². The van der Waals surface area contributed by atoms with Gasteiger partial charge in [-0.15, -0.1) is 0 Å². The van der Waals surface area contributed by atoms with Gasteiger partial charge in [-0.05, 0) is 30.5 Å². The van der Waals surface area contributed by atoms with Crippen LogP contribution in [0.2, 0.25) is 5.31 Å². The van der Waals surface area contributed by atoms with Crippen molar-refractivity contribution in [2.75, 3.05) is 0 Å². The van der Waals surface area contributed by atoms with Crippen LogP contribution < -0.4 is 0 Å². The largest absolute Gasteiger partial charge is 0.114 e. The molecule has 13 heavy (non-hydrogen) atoms. The molecule has 0 radical (unpaired) electrons. The Labute approximate surface area is 84.2 Å². The topological polar surface area (TPSA) is 0 Å². The van der Waals surface area contributed by atoms with E-state index in [0.29, 0.717) is 5.31 Å². The molecule has 1 aliphatic carbocycles. The third kappa shape index (κ3) is 3.58. The molecule has 0 heterocycles. The summed E-state index contributed by atoms with van der Waals surface area (Å²) in [4.78, 5) is 0. The minimum atomic E-state index is 0.426. The van der Waals surface area contributed by atoms with Crippen molar-refractivity contribution >= 4 is 7.85 Å². The van der Waals surface area contributed by atoms with Gasteiger partial charge in [-0.2, -0.15) is 0 Å². The van der Waals surface area contributed by atoms with E-state index in [2.05, 4.69) is 40.8 Å². The first-order valence-corrected chi connectivity index (χ1v) is 5.73. The molecule has 74 valence electrons. The molecule has 0 nitrogen and oxygen atoms in total. The highest BCUT2D eigenvalue weighted by Gasteiger charge is 2.35. The molecule has 0 bridgehead atoms. The lowest BCUT2D eigenvalue weighted by atomic mass is 9.67. The smallest absolute Gasteiger partial charge is 0.0918 e. The molecule has 0 saturated heterocycles. The molecule has 1 aliphatic rings. The third-order valence-electron chi connectivity index (χ3n) is 3.37. The van der Waals surface area contributed by atoms with E-state index in [9.17, 15) is 0 Å². The molecule has 1 heteroatoms. The lowest BCUT2D eigenvalue weighted by Crippen LogP contribution is -2.04. The highest BCUT2D eigenvalue weighted by molar-refractivity contribution is 6.16. The van der Waals surface area contributed by atoms with Crippen LogP contribution >= 0.6 is 0 Å². The van der Waals surface area contributed by atoms with Crippen LogP contribution in [0.5, 0.6) is 0 Å². The van der Waals surface area contributed by atoms with Crippen molar-refractivity contribution in [3.8, 4) is 0 Å². The summed E-state index contributed by atoms with van der Waals surface area (Å²) in [5, 5.41) is 0.426. The van der Waals surface area contributed by atoms with Gasteiger partial charge in [-0.3, -0.25) is 0 Å². The molecule has 0 N–H and O–H groups in total. The summed E-state index contributed by atoms with van der Waals surface area (Å²) in [7, 11) is 2.34. The molecule has 1 rings (SSSR count). The van der Waals surface area contributed by atoms with Crippen molar-refractivity contribution in [3.63, 3.8) is 0 Å². The number of allylic oxidation sites excluding steroid dienone is 2. The second-order valence-electron chi connectivity index (χ2n) is 5.19.